The SMILES string of the molecule is COCC(C#N)NC(=O)c1ccccc1. The van der Waals surface area contributed by atoms with E-state index >= 15 is 0 Å². The van der Waals surface area contributed by atoms with E-state index in [1.165, 1.54) is 7.11 Å². The van der Waals surface area contributed by atoms with Crippen LogP contribution in [0, 0.1) is 11.3 Å². The molecule has 1 rings (SSSR count). The molecule has 0 fully saturated rings. The van der Waals surface area contributed by atoms with Crippen molar-refractivity contribution < 1.29 is 9.53 Å². The van der Waals surface area contributed by atoms with Gasteiger partial charge in [0.1, 0.15) is 6.04 Å². The fourth-order valence-electron chi connectivity index (χ4n) is 1.11. The van der Waals surface area contributed by atoms with Crippen molar-refractivity contribution in [2.45, 2.75) is 6.04 Å². The highest BCUT2D eigenvalue weighted by molar-refractivity contribution is 5.94. The van der Waals surface area contributed by atoms with Gasteiger partial charge in [-0.15, -0.1) is 0 Å². The average molecular weight is 204 g/mol. The van der Waals surface area contributed by atoms with E-state index < -0.39 is 6.04 Å². The summed E-state index contributed by atoms with van der Waals surface area (Å²) in [7, 11) is 1.49. The predicted octanol–water partition coefficient (Wildman–Crippen LogP) is 0.955. The fraction of sp³-hybridized carbons (Fsp3) is 0.273. The van der Waals surface area contributed by atoms with E-state index in [1.807, 2.05) is 12.1 Å². The number of carbonyl (C=O) groups excluding carboxylic acids is 1. The van der Waals surface area contributed by atoms with Gasteiger partial charge >= 0.3 is 0 Å². The van der Waals surface area contributed by atoms with Crippen LogP contribution in [0.1, 0.15) is 10.4 Å². The second-order valence-electron chi connectivity index (χ2n) is 2.98. The lowest BCUT2D eigenvalue weighted by Gasteiger charge is -2.09. The van der Waals surface area contributed by atoms with Crippen molar-refractivity contribution >= 4 is 5.91 Å². The zero-order valence-electron chi connectivity index (χ0n) is 8.43. The molecule has 0 saturated heterocycles. The number of nitrogens with zero attached hydrogens (tertiary/aromatic N) is 1. The van der Waals surface area contributed by atoms with Crippen LogP contribution in [-0.4, -0.2) is 25.7 Å². The topological polar surface area (TPSA) is 62.1 Å². The Kier molecular flexibility index (Phi) is 4.32. The number of amides is 1. The molecule has 78 valence electrons. The average Bonchev–Trinajstić information content (AvgIpc) is 2.29. The molecular formula is C11H12N2O2. The van der Waals surface area contributed by atoms with Gasteiger partial charge in [-0.2, -0.15) is 5.26 Å². The van der Waals surface area contributed by atoms with Gasteiger partial charge in [0.2, 0.25) is 0 Å². The third-order valence-electron chi connectivity index (χ3n) is 1.83. The van der Waals surface area contributed by atoms with E-state index in [9.17, 15) is 4.79 Å². The van der Waals surface area contributed by atoms with E-state index in [1.54, 1.807) is 24.3 Å². The highest BCUT2D eigenvalue weighted by atomic mass is 16.5. The Hall–Kier alpha value is -1.86. The molecule has 0 bridgehead atoms. The summed E-state index contributed by atoms with van der Waals surface area (Å²) in [6.07, 6.45) is 0. The molecule has 0 aliphatic heterocycles. The van der Waals surface area contributed by atoms with Crippen LogP contribution >= 0.6 is 0 Å². The second-order valence-corrected chi connectivity index (χ2v) is 2.98. The lowest BCUT2D eigenvalue weighted by atomic mass is 10.2. The second kappa shape index (κ2) is 5.78. The highest BCUT2D eigenvalue weighted by Crippen LogP contribution is 1.98. The Morgan fingerprint density at radius 3 is 2.73 bits per heavy atom. The molecule has 1 aromatic rings. The molecule has 1 unspecified atom stereocenters. The van der Waals surface area contributed by atoms with Crippen LogP contribution in [0.3, 0.4) is 0 Å². The first kappa shape index (κ1) is 11.2. The molecule has 0 spiro atoms. The third-order valence-corrected chi connectivity index (χ3v) is 1.83. The number of benzene rings is 1. The van der Waals surface area contributed by atoms with Crippen LogP contribution < -0.4 is 5.32 Å². The van der Waals surface area contributed by atoms with Gasteiger partial charge in [0.25, 0.3) is 5.91 Å². The van der Waals surface area contributed by atoms with Gasteiger partial charge in [0, 0.05) is 12.7 Å². The van der Waals surface area contributed by atoms with E-state index in [0.717, 1.165) is 0 Å². The predicted molar refractivity (Wildman–Crippen MR) is 55.2 cm³/mol. The summed E-state index contributed by atoms with van der Waals surface area (Å²) in [4.78, 5) is 11.6. The number of methoxy groups -OCH3 is 1. The van der Waals surface area contributed by atoms with Gasteiger partial charge < -0.3 is 10.1 Å². The molecular weight excluding hydrogens is 192 g/mol. The molecule has 1 N–H and O–H groups in total. The molecule has 15 heavy (non-hydrogen) atoms. The number of nitriles is 1. The van der Waals surface area contributed by atoms with Crippen molar-refractivity contribution in [3.63, 3.8) is 0 Å². The number of ether oxygens (including phenoxy) is 1. The first-order valence-electron chi connectivity index (χ1n) is 4.52. The van der Waals surface area contributed by atoms with Crippen molar-refractivity contribution in [1.82, 2.24) is 5.32 Å². The summed E-state index contributed by atoms with van der Waals surface area (Å²) in [5, 5.41) is 11.3. The molecule has 1 aromatic carbocycles. The Morgan fingerprint density at radius 1 is 1.53 bits per heavy atom. The monoisotopic (exact) mass is 204 g/mol. The number of rotatable bonds is 4. The van der Waals surface area contributed by atoms with Crippen LogP contribution in [0.15, 0.2) is 30.3 Å². The van der Waals surface area contributed by atoms with Crippen LogP contribution in [0.2, 0.25) is 0 Å². The Morgan fingerprint density at radius 2 is 2.20 bits per heavy atom. The van der Waals surface area contributed by atoms with Crippen LogP contribution in [0.25, 0.3) is 0 Å². The third kappa shape index (κ3) is 3.41. The van der Waals surface area contributed by atoms with Crippen LogP contribution in [0.5, 0.6) is 0 Å². The first-order chi connectivity index (χ1) is 7.27. The summed E-state index contributed by atoms with van der Waals surface area (Å²) < 4.78 is 4.79. The summed E-state index contributed by atoms with van der Waals surface area (Å²) >= 11 is 0. The van der Waals surface area contributed by atoms with Gasteiger partial charge in [0.05, 0.1) is 12.7 Å². The van der Waals surface area contributed by atoms with Crippen LogP contribution in [0.4, 0.5) is 0 Å². The minimum atomic E-state index is -0.609. The van der Waals surface area contributed by atoms with Crippen molar-refractivity contribution in [2.75, 3.05) is 13.7 Å². The Labute approximate surface area is 88.5 Å². The zero-order chi connectivity index (χ0) is 11.1. The first-order valence-corrected chi connectivity index (χ1v) is 4.52. The van der Waals surface area contributed by atoms with Crippen molar-refractivity contribution in [3.8, 4) is 6.07 Å². The van der Waals surface area contributed by atoms with Gasteiger partial charge in [-0.25, -0.2) is 0 Å². The lowest BCUT2D eigenvalue weighted by Crippen LogP contribution is -2.36. The maximum Gasteiger partial charge on any atom is 0.252 e. The molecule has 0 aliphatic carbocycles. The van der Waals surface area contributed by atoms with E-state index in [4.69, 9.17) is 10.00 Å². The quantitative estimate of drug-likeness (QED) is 0.794. The van der Waals surface area contributed by atoms with Crippen molar-refractivity contribution in [1.29, 1.82) is 5.26 Å². The molecule has 0 aliphatic rings. The number of hydrogen-bond donors (Lipinski definition) is 1. The molecule has 0 radical (unpaired) electrons. The smallest absolute Gasteiger partial charge is 0.252 e. The summed E-state index contributed by atoms with van der Waals surface area (Å²) in [5.74, 6) is -0.265. The van der Waals surface area contributed by atoms with Gasteiger partial charge in [-0.05, 0) is 12.1 Å². The number of hydrogen-bond acceptors (Lipinski definition) is 3. The molecule has 0 aromatic heterocycles. The fourth-order valence-corrected chi connectivity index (χ4v) is 1.11. The summed E-state index contributed by atoms with van der Waals surface area (Å²) in [6.45, 7) is 0.190. The standard InChI is InChI=1S/C11H12N2O2/c1-15-8-10(7-12)13-11(14)9-5-3-2-4-6-9/h2-6,10H,8H2,1H3,(H,13,14). The van der Waals surface area contributed by atoms with Crippen molar-refractivity contribution in [3.05, 3.63) is 35.9 Å². The van der Waals surface area contributed by atoms with Gasteiger partial charge in [0.15, 0.2) is 0 Å². The normalized spacial score (nSPS) is 11.5. The highest BCUT2D eigenvalue weighted by Gasteiger charge is 2.11. The lowest BCUT2D eigenvalue weighted by molar-refractivity contribution is 0.0918. The minimum Gasteiger partial charge on any atom is -0.381 e. The molecule has 4 heteroatoms. The largest absolute Gasteiger partial charge is 0.381 e. The van der Waals surface area contributed by atoms with E-state index in [-0.39, 0.29) is 12.5 Å². The van der Waals surface area contributed by atoms with Crippen LogP contribution in [-0.2, 0) is 4.74 Å². The molecule has 1 amide bonds. The molecule has 4 nitrogen and oxygen atoms in total. The molecule has 0 saturated carbocycles. The summed E-state index contributed by atoms with van der Waals surface area (Å²) in [6, 6.07) is 10.1. The number of carbonyl (C=O) groups is 1. The zero-order valence-corrected chi connectivity index (χ0v) is 8.43. The maximum atomic E-state index is 11.6. The Bertz CT molecular complexity index is 357. The van der Waals surface area contributed by atoms with Gasteiger partial charge in [-0.3, -0.25) is 4.79 Å². The van der Waals surface area contributed by atoms with E-state index in [0.29, 0.717) is 5.56 Å². The number of nitrogens with one attached hydrogen (secondary N) is 1. The minimum absolute atomic E-state index is 0.190. The van der Waals surface area contributed by atoms with Gasteiger partial charge in [-0.1, -0.05) is 18.2 Å². The van der Waals surface area contributed by atoms with Crippen molar-refractivity contribution in [2.24, 2.45) is 0 Å². The van der Waals surface area contributed by atoms with E-state index in [2.05, 4.69) is 5.32 Å². The summed E-state index contributed by atoms with van der Waals surface area (Å²) in [5.41, 5.74) is 0.536. The maximum absolute atomic E-state index is 11.6. The molecule has 1 atom stereocenters. The Balaban J connectivity index is 2.60. The molecule has 0 heterocycles.